The van der Waals surface area contributed by atoms with Crippen LogP contribution < -0.4 is 15.0 Å². The maximum absolute atomic E-state index is 13.2. The molecule has 0 unspecified atom stereocenters. The minimum Gasteiger partial charge on any atom is -0.483 e. The number of benzene rings is 2. The summed E-state index contributed by atoms with van der Waals surface area (Å²) in [6, 6.07) is 11.3. The fourth-order valence-corrected chi connectivity index (χ4v) is 2.97. The highest BCUT2D eigenvalue weighted by atomic mass is 19.1. The van der Waals surface area contributed by atoms with Crippen molar-refractivity contribution in [1.29, 1.82) is 0 Å². The Morgan fingerprint density at radius 3 is 2.46 bits per heavy atom. The Morgan fingerprint density at radius 2 is 1.81 bits per heavy atom. The Kier molecular flexibility index (Phi) is 5.51. The zero-order valence-corrected chi connectivity index (χ0v) is 14.6. The van der Waals surface area contributed by atoms with Crippen LogP contribution in [-0.4, -0.2) is 31.4 Å². The summed E-state index contributed by atoms with van der Waals surface area (Å²) in [4.78, 5) is 25.9. The molecule has 0 saturated carbocycles. The lowest BCUT2D eigenvalue weighted by Crippen LogP contribution is -2.21. The third kappa shape index (κ3) is 4.39. The fraction of sp³-hybridized carbons (Fsp3) is 0.300. The first kappa shape index (κ1) is 17.9. The van der Waals surface area contributed by atoms with E-state index in [2.05, 4.69) is 10.2 Å². The van der Waals surface area contributed by atoms with Gasteiger partial charge in [0.05, 0.1) is 5.56 Å². The van der Waals surface area contributed by atoms with Crippen LogP contribution in [0.4, 0.5) is 15.8 Å². The van der Waals surface area contributed by atoms with E-state index in [1.807, 2.05) is 24.3 Å². The van der Waals surface area contributed by atoms with Crippen LogP contribution in [-0.2, 0) is 4.79 Å². The highest BCUT2D eigenvalue weighted by Crippen LogP contribution is 2.23. The Balaban J connectivity index is 1.57. The van der Waals surface area contributed by atoms with Crippen LogP contribution in [0.15, 0.2) is 42.5 Å². The Bertz CT molecular complexity index is 799. The van der Waals surface area contributed by atoms with E-state index in [1.54, 1.807) is 0 Å². The van der Waals surface area contributed by atoms with E-state index in [1.165, 1.54) is 31.9 Å². The molecule has 1 amide bonds. The number of halogens is 1. The van der Waals surface area contributed by atoms with Crippen LogP contribution in [0, 0.1) is 5.82 Å². The number of hydrogen-bond donors (Lipinski definition) is 1. The average Bonchev–Trinajstić information content (AvgIpc) is 3.16. The summed E-state index contributed by atoms with van der Waals surface area (Å²) < 4.78 is 18.6. The van der Waals surface area contributed by atoms with Crippen LogP contribution in [0.3, 0.4) is 0 Å². The van der Waals surface area contributed by atoms with E-state index in [-0.39, 0.29) is 29.6 Å². The van der Waals surface area contributed by atoms with Gasteiger partial charge < -0.3 is 15.0 Å². The van der Waals surface area contributed by atoms with Crippen LogP contribution in [0.25, 0.3) is 0 Å². The SMILES string of the molecule is CC(=O)c1cc(F)ccc1OCC(=O)Nc1ccc(N2CCCC2)cc1. The molecule has 1 aliphatic heterocycles. The Morgan fingerprint density at radius 1 is 1.12 bits per heavy atom. The predicted octanol–water partition coefficient (Wildman–Crippen LogP) is 3.65. The van der Waals surface area contributed by atoms with Crippen molar-refractivity contribution in [2.75, 3.05) is 29.9 Å². The molecule has 5 nitrogen and oxygen atoms in total. The molecule has 0 spiro atoms. The van der Waals surface area contributed by atoms with Crippen molar-refractivity contribution in [3.8, 4) is 5.75 Å². The number of rotatable bonds is 6. The number of carbonyl (C=O) groups excluding carboxylic acids is 2. The number of ketones is 1. The van der Waals surface area contributed by atoms with Gasteiger partial charge in [-0.2, -0.15) is 0 Å². The highest BCUT2D eigenvalue weighted by molar-refractivity contribution is 5.97. The van der Waals surface area contributed by atoms with E-state index in [4.69, 9.17) is 4.74 Å². The lowest BCUT2D eigenvalue weighted by atomic mass is 10.1. The van der Waals surface area contributed by atoms with Crippen molar-refractivity contribution in [2.24, 2.45) is 0 Å². The lowest BCUT2D eigenvalue weighted by Gasteiger charge is -2.17. The first-order valence-corrected chi connectivity index (χ1v) is 8.61. The standard InChI is InChI=1S/C20H21FN2O3/c1-14(24)18-12-15(21)4-9-19(18)26-13-20(25)22-16-5-7-17(8-6-16)23-10-2-3-11-23/h4-9,12H,2-3,10-11,13H2,1H3,(H,22,25). The molecule has 0 aromatic heterocycles. The van der Waals surface area contributed by atoms with Gasteiger partial charge in [-0.15, -0.1) is 0 Å². The van der Waals surface area contributed by atoms with Crippen molar-refractivity contribution in [2.45, 2.75) is 19.8 Å². The fourth-order valence-electron chi connectivity index (χ4n) is 2.97. The third-order valence-corrected chi connectivity index (χ3v) is 4.30. The zero-order valence-electron chi connectivity index (χ0n) is 14.6. The summed E-state index contributed by atoms with van der Waals surface area (Å²) in [6.07, 6.45) is 2.42. The first-order valence-electron chi connectivity index (χ1n) is 8.61. The van der Waals surface area contributed by atoms with Gasteiger partial charge in [0.25, 0.3) is 5.91 Å². The number of Topliss-reactive ketones (excluding diaryl/α,β-unsaturated/α-hetero) is 1. The molecular weight excluding hydrogens is 335 g/mol. The minimum absolute atomic E-state index is 0.118. The molecule has 1 saturated heterocycles. The molecule has 0 radical (unpaired) electrons. The second kappa shape index (κ2) is 7.99. The van der Waals surface area contributed by atoms with Gasteiger partial charge in [0.2, 0.25) is 0 Å². The van der Waals surface area contributed by atoms with Gasteiger partial charge in [0, 0.05) is 24.5 Å². The average molecular weight is 356 g/mol. The van der Waals surface area contributed by atoms with Crippen molar-refractivity contribution in [1.82, 2.24) is 0 Å². The Labute approximate surface area is 151 Å². The molecule has 3 rings (SSSR count). The number of nitrogens with zero attached hydrogens (tertiary/aromatic N) is 1. The summed E-state index contributed by atoms with van der Waals surface area (Å²) in [6.45, 7) is 3.19. The maximum Gasteiger partial charge on any atom is 0.262 e. The molecule has 6 heteroatoms. The van der Waals surface area contributed by atoms with Crippen molar-refractivity contribution < 1.29 is 18.7 Å². The molecule has 136 valence electrons. The van der Waals surface area contributed by atoms with Crippen molar-refractivity contribution in [3.05, 3.63) is 53.8 Å². The lowest BCUT2D eigenvalue weighted by molar-refractivity contribution is -0.118. The van der Waals surface area contributed by atoms with Crippen LogP contribution in [0.5, 0.6) is 5.75 Å². The smallest absolute Gasteiger partial charge is 0.262 e. The minimum atomic E-state index is -0.523. The largest absolute Gasteiger partial charge is 0.483 e. The topological polar surface area (TPSA) is 58.6 Å². The summed E-state index contributed by atoms with van der Waals surface area (Å²) in [5.74, 6) is -1.00. The molecule has 2 aromatic carbocycles. The summed E-state index contributed by atoms with van der Waals surface area (Å²) in [7, 11) is 0. The zero-order chi connectivity index (χ0) is 18.5. The quantitative estimate of drug-likeness (QED) is 0.803. The Hall–Kier alpha value is -2.89. The molecular formula is C20H21FN2O3. The van der Waals surface area contributed by atoms with E-state index in [0.29, 0.717) is 5.69 Å². The van der Waals surface area contributed by atoms with Gasteiger partial charge in [-0.3, -0.25) is 9.59 Å². The van der Waals surface area contributed by atoms with E-state index in [0.717, 1.165) is 24.8 Å². The number of nitrogens with one attached hydrogen (secondary N) is 1. The van der Waals surface area contributed by atoms with Crippen molar-refractivity contribution >= 4 is 23.1 Å². The number of hydrogen-bond acceptors (Lipinski definition) is 4. The molecule has 1 fully saturated rings. The van der Waals surface area contributed by atoms with Crippen LogP contribution in [0.1, 0.15) is 30.1 Å². The van der Waals surface area contributed by atoms with Gasteiger partial charge >= 0.3 is 0 Å². The molecule has 2 aromatic rings. The predicted molar refractivity (Wildman–Crippen MR) is 98.4 cm³/mol. The summed E-state index contributed by atoms with van der Waals surface area (Å²) >= 11 is 0. The normalized spacial score (nSPS) is 13.5. The molecule has 0 atom stereocenters. The second-order valence-corrected chi connectivity index (χ2v) is 6.27. The maximum atomic E-state index is 13.2. The number of amides is 1. The first-order chi connectivity index (χ1) is 12.5. The third-order valence-electron chi connectivity index (χ3n) is 4.30. The van der Waals surface area contributed by atoms with Gasteiger partial charge in [-0.05, 0) is 62.2 Å². The second-order valence-electron chi connectivity index (χ2n) is 6.27. The van der Waals surface area contributed by atoms with Gasteiger partial charge in [-0.25, -0.2) is 4.39 Å². The highest BCUT2D eigenvalue weighted by Gasteiger charge is 2.13. The van der Waals surface area contributed by atoms with Crippen LogP contribution in [0.2, 0.25) is 0 Å². The molecule has 0 aliphatic carbocycles. The molecule has 1 N–H and O–H groups in total. The van der Waals surface area contributed by atoms with Gasteiger partial charge in [0.15, 0.2) is 12.4 Å². The van der Waals surface area contributed by atoms with Crippen LogP contribution >= 0.6 is 0 Å². The molecule has 1 heterocycles. The van der Waals surface area contributed by atoms with E-state index >= 15 is 0 Å². The number of anilines is 2. The monoisotopic (exact) mass is 356 g/mol. The van der Waals surface area contributed by atoms with Gasteiger partial charge in [-0.1, -0.05) is 0 Å². The number of carbonyl (C=O) groups is 2. The molecule has 1 aliphatic rings. The number of ether oxygens (including phenoxy) is 1. The molecule has 26 heavy (non-hydrogen) atoms. The van der Waals surface area contributed by atoms with Gasteiger partial charge in [0.1, 0.15) is 11.6 Å². The van der Waals surface area contributed by atoms with Crippen molar-refractivity contribution in [3.63, 3.8) is 0 Å². The van der Waals surface area contributed by atoms with E-state index in [9.17, 15) is 14.0 Å². The molecule has 0 bridgehead atoms. The summed E-state index contributed by atoms with van der Waals surface area (Å²) in [5, 5.41) is 2.75. The van der Waals surface area contributed by atoms with E-state index < -0.39 is 5.82 Å². The summed E-state index contributed by atoms with van der Waals surface area (Å²) in [5.41, 5.74) is 1.94.